The third kappa shape index (κ3) is 1.28. The highest BCUT2D eigenvalue weighted by Gasteiger charge is 2.46. The number of carbonyl (C=O) groups excluding carboxylic acids is 2. The molecule has 3 heteroatoms. The maximum Gasteiger partial charge on any atom is 0.240 e. The fourth-order valence-electron chi connectivity index (χ4n) is 2.31. The van der Waals surface area contributed by atoms with Crippen LogP contribution in [-0.4, -0.2) is 23.6 Å². The van der Waals surface area contributed by atoms with Crippen LogP contribution in [-0.2, 0) is 21.5 Å². The minimum absolute atomic E-state index is 0.100. The topological polar surface area (TPSA) is 37.4 Å². The van der Waals surface area contributed by atoms with Gasteiger partial charge < -0.3 is 4.90 Å². The molecule has 0 aromatic heterocycles. The molecule has 84 valence electrons. The van der Waals surface area contributed by atoms with Crippen LogP contribution in [0.15, 0.2) is 24.3 Å². The number of rotatable bonds is 1. The molecule has 1 amide bonds. The summed E-state index contributed by atoms with van der Waals surface area (Å²) in [6.45, 7) is 3.78. The molecule has 3 nitrogen and oxygen atoms in total. The number of fused-ring (bicyclic) bond motifs is 1. The van der Waals surface area contributed by atoms with Gasteiger partial charge in [-0.25, -0.2) is 0 Å². The lowest BCUT2D eigenvalue weighted by Crippen LogP contribution is -2.51. The summed E-state index contributed by atoms with van der Waals surface area (Å²) in [6.07, 6.45) is 0. The van der Waals surface area contributed by atoms with Gasteiger partial charge in [0.15, 0.2) is 0 Å². The van der Waals surface area contributed by atoms with Crippen molar-refractivity contribution in [1.82, 2.24) is 4.90 Å². The van der Waals surface area contributed by atoms with E-state index < -0.39 is 5.41 Å². The highest BCUT2D eigenvalue weighted by Crippen LogP contribution is 2.34. The number of hydrogen-bond acceptors (Lipinski definition) is 2. The zero-order valence-corrected chi connectivity index (χ0v) is 9.78. The summed E-state index contributed by atoms with van der Waals surface area (Å²) in [5.41, 5.74) is 0.900. The summed E-state index contributed by atoms with van der Waals surface area (Å²) in [6, 6.07) is 7.66. The molecule has 0 bridgehead atoms. The van der Waals surface area contributed by atoms with Crippen molar-refractivity contribution in [2.24, 2.45) is 0 Å². The van der Waals surface area contributed by atoms with Crippen molar-refractivity contribution >= 4 is 11.7 Å². The van der Waals surface area contributed by atoms with Crippen LogP contribution in [0.3, 0.4) is 0 Å². The highest BCUT2D eigenvalue weighted by molar-refractivity contribution is 6.11. The van der Waals surface area contributed by atoms with Crippen LogP contribution in [0.4, 0.5) is 0 Å². The molecule has 0 aliphatic carbocycles. The highest BCUT2D eigenvalue weighted by atomic mass is 16.2. The third-order valence-corrected chi connectivity index (χ3v) is 3.44. The van der Waals surface area contributed by atoms with E-state index in [1.165, 1.54) is 6.92 Å². The average Bonchev–Trinajstić information content (AvgIpc) is 2.26. The molecule has 1 heterocycles. The summed E-state index contributed by atoms with van der Waals surface area (Å²) in [4.78, 5) is 25.6. The van der Waals surface area contributed by atoms with Crippen molar-refractivity contribution in [3.05, 3.63) is 35.4 Å². The summed E-state index contributed by atoms with van der Waals surface area (Å²) >= 11 is 0. The van der Waals surface area contributed by atoms with Gasteiger partial charge in [0.05, 0.1) is 0 Å². The SMILES string of the molecule is CC(=O)C1(C)C(=O)N(C)Cc2ccccc21. The van der Waals surface area contributed by atoms with E-state index in [0.29, 0.717) is 6.54 Å². The van der Waals surface area contributed by atoms with Crippen molar-refractivity contribution in [3.63, 3.8) is 0 Å². The van der Waals surface area contributed by atoms with E-state index in [9.17, 15) is 9.59 Å². The predicted octanol–water partition coefficient (Wildman–Crippen LogP) is 1.51. The molecule has 2 rings (SSSR count). The van der Waals surface area contributed by atoms with Crippen molar-refractivity contribution in [1.29, 1.82) is 0 Å². The van der Waals surface area contributed by atoms with Crippen molar-refractivity contribution < 1.29 is 9.59 Å². The predicted molar refractivity (Wildman–Crippen MR) is 60.9 cm³/mol. The van der Waals surface area contributed by atoms with E-state index in [1.54, 1.807) is 18.9 Å². The monoisotopic (exact) mass is 217 g/mol. The quantitative estimate of drug-likeness (QED) is 0.669. The van der Waals surface area contributed by atoms with E-state index in [0.717, 1.165) is 11.1 Å². The van der Waals surface area contributed by atoms with Crippen LogP contribution in [0.1, 0.15) is 25.0 Å². The Balaban J connectivity index is 2.68. The first-order chi connectivity index (χ1) is 7.48. The summed E-state index contributed by atoms with van der Waals surface area (Å²) in [7, 11) is 1.74. The second-order valence-electron chi connectivity index (χ2n) is 4.50. The standard InChI is InChI=1S/C13H15NO2/c1-9(15)13(2)11-7-5-4-6-10(11)8-14(3)12(13)16/h4-7H,8H2,1-3H3. The molecular weight excluding hydrogens is 202 g/mol. The van der Waals surface area contributed by atoms with E-state index in [4.69, 9.17) is 0 Å². The number of benzene rings is 1. The number of amides is 1. The number of carbonyl (C=O) groups is 2. The van der Waals surface area contributed by atoms with Gasteiger partial charge in [0, 0.05) is 13.6 Å². The Morgan fingerprint density at radius 1 is 1.38 bits per heavy atom. The Hall–Kier alpha value is -1.64. The molecule has 0 radical (unpaired) electrons. The van der Waals surface area contributed by atoms with Crippen LogP contribution in [0.5, 0.6) is 0 Å². The summed E-state index contributed by atoms with van der Waals surface area (Å²) in [5, 5.41) is 0. The van der Waals surface area contributed by atoms with Gasteiger partial charge in [0.25, 0.3) is 0 Å². The third-order valence-electron chi connectivity index (χ3n) is 3.44. The molecule has 1 aromatic carbocycles. The van der Waals surface area contributed by atoms with E-state index >= 15 is 0 Å². The molecule has 0 N–H and O–H groups in total. The Morgan fingerprint density at radius 2 is 2.00 bits per heavy atom. The second-order valence-corrected chi connectivity index (χ2v) is 4.50. The first-order valence-electron chi connectivity index (χ1n) is 5.33. The molecule has 1 aliphatic heterocycles. The van der Waals surface area contributed by atoms with Crippen molar-refractivity contribution in [3.8, 4) is 0 Å². The van der Waals surface area contributed by atoms with Crippen molar-refractivity contribution in [2.75, 3.05) is 7.05 Å². The number of likely N-dealkylation sites (N-methyl/N-ethyl adjacent to an activating group) is 1. The Bertz CT molecular complexity index is 467. The number of Topliss-reactive ketones (excluding diaryl/α,β-unsaturated/α-hetero) is 1. The van der Waals surface area contributed by atoms with Gasteiger partial charge in [0.1, 0.15) is 11.2 Å². The molecule has 0 spiro atoms. The molecule has 0 saturated heterocycles. The van der Waals surface area contributed by atoms with Crippen LogP contribution in [0.25, 0.3) is 0 Å². The van der Waals surface area contributed by atoms with Gasteiger partial charge in [-0.1, -0.05) is 24.3 Å². The number of nitrogens with zero attached hydrogens (tertiary/aromatic N) is 1. The van der Waals surface area contributed by atoms with Gasteiger partial charge in [-0.2, -0.15) is 0 Å². The molecule has 0 saturated carbocycles. The Kier molecular flexibility index (Phi) is 2.34. The molecule has 0 fully saturated rings. The van der Waals surface area contributed by atoms with Crippen molar-refractivity contribution in [2.45, 2.75) is 25.8 Å². The molecule has 1 aliphatic rings. The van der Waals surface area contributed by atoms with Gasteiger partial charge in [-0.15, -0.1) is 0 Å². The first-order valence-corrected chi connectivity index (χ1v) is 5.33. The molecular formula is C13H15NO2. The normalized spacial score (nSPS) is 24.2. The Labute approximate surface area is 95.1 Å². The van der Waals surface area contributed by atoms with E-state index in [1.807, 2.05) is 24.3 Å². The molecule has 16 heavy (non-hydrogen) atoms. The number of ketones is 1. The molecule has 1 atom stereocenters. The maximum absolute atomic E-state index is 12.2. The van der Waals surface area contributed by atoms with Gasteiger partial charge in [-0.3, -0.25) is 9.59 Å². The van der Waals surface area contributed by atoms with Gasteiger partial charge in [0.2, 0.25) is 5.91 Å². The summed E-state index contributed by atoms with van der Waals surface area (Å²) in [5.74, 6) is -0.213. The Morgan fingerprint density at radius 3 is 2.62 bits per heavy atom. The smallest absolute Gasteiger partial charge is 0.240 e. The average molecular weight is 217 g/mol. The van der Waals surface area contributed by atoms with Crippen LogP contribution in [0.2, 0.25) is 0 Å². The first kappa shape index (κ1) is 10.9. The van der Waals surface area contributed by atoms with E-state index in [2.05, 4.69) is 0 Å². The van der Waals surface area contributed by atoms with E-state index in [-0.39, 0.29) is 11.7 Å². The fourth-order valence-corrected chi connectivity index (χ4v) is 2.31. The lowest BCUT2D eigenvalue weighted by molar-refractivity contribution is -0.143. The lowest BCUT2D eigenvalue weighted by Gasteiger charge is -2.37. The van der Waals surface area contributed by atoms with Crippen LogP contribution < -0.4 is 0 Å². The zero-order valence-electron chi connectivity index (χ0n) is 9.78. The number of hydrogen-bond donors (Lipinski definition) is 0. The minimum atomic E-state index is -1.01. The fraction of sp³-hybridized carbons (Fsp3) is 0.385. The lowest BCUT2D eigenvalue weighted by atomic mass is 9.73. The second kappa shape index (κ2) is 3.44. The van der Waals surface area contributed by atoms with Crippen LogP contribution in [0, 0.1) is 0 Å². The zero-order chi connectivity index (χ0) is 11.9. The minimum Gasteiger partial charge on any atom is -0.340 e. The van der Waals surface area contributed by atoms with Gasteiger partial charge in [-0.05, 0) is 25.0 Å². The van der Waals surface area contributed by atoms with Crippen LogP contribution >= 0.6 is 0 Å². The maximum atomic E-state index is 12.2. The summed E-state index contributed by atoms with van der Waals surface area (Å²) < 4.78 is 0. The largest absolute Gasteiger partial charge is 0.340 e. The molecule has 1 unspecified atom stereocenters. The molecule has 1 aromatic rings. The van der Waals surface area contributed by atoms with Gasteiger partial charge >= 0.3 is 0 Å².